The summed E-state index contributed by atoms with van der Waals surface area (Å²) < 4.78 is 12.6. The molecule has 154 valence electrons. The first kappa shape index (κ1) is 19.5. The van der Waals surface area contributed by atoms with Crippen LogP contribution in [-0.2, 0) is 18.3 Å². The summed E-state index contributed by atoms with van der Waals surface area (Å²) in [4.78, 5) is 24.1. The summed E-state index contributed by atoms with van der Waals surface area (Å²) in [6, 6.07) is 10.8. The molecule has 8 nitrogen and oxygen atoms in total. The molecule has 0 saturated carbocycles. The second-order valence-corrected chi connectivity index (χ2v) is 7.05. The third-order valence-corrected chi connectivity index (χ3v) is 5.06. The first-order valence-corrected chi connectivity index (χ1v) is 9.41. The number of amides is 2. The van der Waals surface area contributed by atoms with E-state index < -0.39 is 0 Å². The van der Waals surface area contributed by atoms with Gasteiger partial charge in [-0.3, -0.25) is 14.3 Å². The van der Waals surface area contributed by atoms with Gasteiger partial charge in [0.1, 0.15) is 0 Å². The van der Waals surface area contributed by atoms with Crippen molar-refractivity contribution in [2.24, 2.45) is 7.05 Å². The molecular formula is C22H22N4O4. The number of hydrogen-bond donors (Lipinski definition) is 2. The molecule has 1 aromatic heterocycles. The van der Waals surface area contributed by atoms with E-state index in [0.29, 0.717) is 35.0 Å². The van der Waals surface area contributed by atoms with Gasteiger partial charge in [-0.2, -0.15) is 5.10 Å². The third kappa shape index (κ3) is 3.36. The standard InChI is InChI=1S/C22H22N4O4/c1-12(27)23-14-5-7-15(8-6-14)24-22(28)20-17-9-13-10-18(29-3)19(30-4)11-16(13)21(17)26(2)25-20/h5-8,10-11H,9H2,1-4H3,(H,23,27)(H,24,28). The number of ether oxygens (including phenoxy) is 2. The molecule has 0 spiro atoms. The summed E-state index contributed by atoms with van der Waals surface area (Å²) in [5.74, 6) is 0.854. The predicted octanol–water partition coefficient (Wildman–Crippen LogP) is 3.22. The number of hydrogen-bond acceptors (Lipinski definition) is 5. The highest BCUT2D eigenvalue weighted by atomic mass is 16.5. The van der Waals surface area contributed by atoms with Gasteiger partial charge in [0, 0.05) is 42.9 Å². The van der Waals surface area contributed by atoms with Crippen molar-refractivity contribution in [2.45, 2.75) is 13.3 Å². The largest absolute Gasteiger partial charge is 0.493 e. The average molecular weight is 406 g/mol. The van der Waals surface area contributed by atoms with Gasteiger partial charge in [0.05, 0.1) is 19.9 Å². The molecule has 0 bridgehead atoms. The number of nitrogens with zero attached hydrogens (tertiary/aromatic N) is 2. The number of carbonyl (C=O) groups excluding carboxylic acids is 2. The highest BCUT2D eigenvalue weighted by Gasteiger charge is 2.31. The number of benzene rings is 2. The molecule has 0 fully saturated rings. The van der Waals surface area contributed by atoms with Crippen molar-refractivity contribution in [1.29, 1.82) is 0 Å². The molecule has 4 rings (SSSR count). The van der Waals surface area contributed by atoms with Crippen LogP contribution in [0.4, 0.5) is 11.4 Å². The van der Waals surface area contributed by atoms with Crippen LogP contribution in [0.3, 0.4) is 0 Å². The summed E-state index contributed by atoms with van der Waals surface area (Å²) in [6.07, 6.45) is 0.586. The molecule has 1 aliphatic rings. The topological polar surface area (TPSA) is 94.5 Å². The lowest BCUT2D eigenvalue weighted by Crippen LogP contribution is -2.15. The van der Waals surface area contributed by atoms with Crippen molar-refractivity contribution in [3.8, 4) is 22.8 Å². The summed E-state index contributed by atoms with van der Waals surface area (Å²) in [5, 5.41) is 10.0. The Morgan fingerprint density at radius 1 is 1.00 bits per heavy atom. The zero-order valence-electron chi connectivity index (χ0n) is 17.2. The van der Waals surface area contributed by atoms with E-state index in [1.54, 1.807) is 43.2 Å². The minimum absolute atomic E-state index is 0.149. The molecule has 2 amide bonds. The number of aryl methyl sites for hydroxylation is 1. The van der Waals surface area contributed by atoms with E-state index in [0.717, 1.165) is 22.4 Å². The van der Waals surface area contributed by atoms with Crippen molar-refractivity contribution in [2.75, 3.05) is 24.9 Å². The minimum atomic E-state index is -0.286. The Bertz CT molecular complexity index is 1150. The lowest BCUT2D eigenvalue weighted by molar-refractivity contribution is -0.114. The van der Waals surface area contributed by atoms with Gasteiger partial charge in [-0.1, -0.05) is 0 Å². The molecule has 0 unspecified atom stereocenters. The second-order valence-electron chi connectivity index (χ2n) is 7.05. The number of carbonyl (C=O) groups is 2. The maximum Gasteiger partial charge on any atom is 0.276 e. The van der Waals surface area contributed by atoms with Gasteiger partial charge >= 0.3 is 0 Å². The van der Waals surface area contributed by atoms with E-state index in [2.05, 4.69) is 15.7 Å². The molecule has 8 heteroatoms. The van der Waals surface area contributed by atoms with Crippen LogP contribution >= 0.6 is 0 Å². The number of rotatable bonds is 5. The highest BCUT2D eigenvalue weighted by Crippen LogP contribution is 2.43. The molecule has 0 atom stereocenters. The van der Waals surface area contributed by atoms with Gasteiger partial charge in [0.2, 0.25) is 5.91 Å². The highest BCUT2D eigenvalue weighted by molar-refractivity contribution is 6.05. The number of anilines is 2. The third-order valence-electron chi connectivity index (χ3n) is 5.06. The molecule has 0 saturated heterocycles. The van der Waals surface area contributed by atoms with Gasteiger partial charge in [0.25, 0.3) is 5.91 Å². The van der Waals surface area contributed by atoms with Gasteiger partial charge in [0.15, 0.2) is 17.2 Å². The average Bonchev–Trinajstić information content (AvgIpc) is 3.24. The van der Waals surface area contributed by atoms with Crippen LogP contribution < -0.4 is 20.1 Å². The van der Waals surface area contributed by atoms with E-state index in [-0.39, 0.29) is 11.8 Å². The number of fused-ring (bicyclic) bond motifs is 3. The van der Waals surface area contributed by atoms with Gasteiger partial charge in [-0.25, -0.2) is 0 Å². The summed E-state index contributed by atoms with van der Waals surface area (Å²) >= 11 is 0. The fourth-order valence-corrected chi connectivity index (χ4v) is 3.76. The Morgan fingerprint density at radius 2 is 1.60 bits per heavy atom. The first-order valence-electron chi connectivity index (χ1n) is 9.41. The molecule has 0 aliphatic heterocycles. The van der Waals surface area contributed by atoms with Crippen LogP contribution in [0.1, 0.15) is 28.5 Å². The van der Waals surface area contributed by atoms with Gasteiger partial charge in [-0.05, 0) is 42.0 Å². The van der Waals surface area contributed by atoms with Gasteiger partial charge in [-0.15, -0.1) is 0 Å². The number of methoxy groups -OCH3 is 2. The van der Waals surface area contributed by atoms with E-state index >= 15 is 0 Å². The molecule has 3 aromatic rings. The van der Waals surface area contributed by atoms with E-state index in [9.17, 15) is 9.59 Å². The molecule has 1 heterocycles. The van der Waals surface area contributed by atoms with E-state index in [4.69, 9.17) is 9.47 Å². The SMILES string of the molecule is COc1cc2c(cc1OC)-c1c(c(C(=O)Nc3ccc(NC(C)=O)cc3)nn1C)C2. The predicted molar refractivity (Wildman–Crippen MR) is 113 cm³/mol. The van der Waals surface area contributed by atoms with Crippen LogP contribution in [0, 0.1) is 0 Å². The Kier molecular flexibility index (Phi) is 4.91. The zero-order chi connectivity index (χ0) is 21.4. The van der Waals surface area contributed by atoms with E-state index in [1.165, 1.54) is 6.92 Å². The quantitative estimate of drug-likeness (QED) is 0.531. The van der Waals surface area contributed by atoms with Crippen molar-refractivity contribution in [3.05, 3.63) is 53.2 Å². The second kappa shape index (κ2) is 7.55. The molecular weight excluding hydrogens is 384 g/mol. The molecule has 30 heavy (non-hydrogen) atoms. The van der Waals surface area contributed by atoms with E-state index in [1.807, 2.05) is 19.2 Å². The maximum absolute atomic E-state index is 12.9. The number of aromatic nitrogens is 2. The lowest BCUT2D eigenvalue weighted by Gasteiger charge is -2.11. The Labute approximate surface area is 173 Å². The Morgan fingerprint density at radius 3 is 2.20 bits per heavy atom. The van der Waals surface area contributed by atoms with Gasteiger partial charge < -0.3 is 20.1 Å². The van der Waals surface area contributed by atoms with Crippen LogP contribution in [0.5, 0.6) is 11.5 Å². The van der Waals surface area contributed by atoms with Crippen LogP contribution in [0.15, 0.2) is 36.4 Å². The molecule has 2 aromatic carbocycles. The lowest BCUT2D eigenvalue weighted by atomic mass is 10.1. The smallest absolute Gasteiger partial charge is 0.276 e. The molecule has 2 N–H and O–H groups in total. The Balaban J connectivity index is 1.61. The summed E-state index contributed by atoms with van der Waals surface area (Å²) in [6.45, 7) is 1.44. The minimum Gasteiger partial charge on any atom is -0.493 e. The fourth-order valence-electron chi connectivity index (χ4n) is 3.76. The molecule has 1 aliphatic carbocycles. The van der Waals surface area contributed by atoms with Crippen LogP contribution in [-0.4, -0.2) is 35.8 Å². The summed E-state index contributed by atoms with van der Waals surface area (Å²) in [7, 11) is 5.02. The number of nitrogens with one attached hydrogen (secondary N) is 2. The van der Waals surface area contributed by atoms with Crippen LogP contribution in [0.25, 0.3) is 11.3 Å². The first-order chi connectivity index (χ1) is 14.4. The maximum atomic E-state index is 12.9. The normalized spacial score (nSPS) is 11.5. The fraction of sp³-hybridized carbons (Fsp3) is 0.227. The van der Waals surface area contributed by atoms with Crippen LogP contribution in [0.2, 0.25) is 0 Å². The van der Waals surface area contributed by atoms with Crippen molar-refractivity contribution in [1.82, 2.24) is 9.78 Å². The van der Waals surface area contributed by atoms with Crippen molar-refractivity contribution < 1.29 is 19.1 Å². The Hall–Kier alpha value is -3.81. The van der Waals surface area contributed by atoms with Crippen molar-refractivity contribution >= 4 is 23.2 Å². The summed E-state index contributed by atoms with van der Waals surface area (Å²) in [5.41, 5.74) is 5.48. The molecule has 0 radical (unpaired) electrons. The monoisotopic (exact) mass is 406 g/mol. The van der Waals surface area contributed by atoms with Crippen molar-refractivity contribution in [3.63, 3.8) is 0 Å². The zero-order valence-corrected chi connectivity index (χ0v) is 17.2.